The monoisotopic (exact) mass is 459 g/mol. The fourth-order valence-corrected chi connectivity index (χ4v) is 5.20. The highest BCUT2D eigenvalue weighted by atomic mass is 19.1. The van der Waals surface area contributed by atoms with E-state index in [1.54, 1.807) is 18.5 Å². The van der Waals surface area contributed by atoms with Crippen LogP contribution in [0.3, 0.4) is 0 Å². The number of rotatable bonds is 4. The first kappa shape index (κ1) is 20.6. The molecule has 4 aromatic rings. The Kier molecular flexibility index (Phi) is 4.75. The van der Waals surface area contributed by atoms with Gasteiger partial charge in [0.1, 0.15) is 17.6 Å². The standard InChI is InChI=1S/C24H22FN7O2/c1-13-3-6-19(32-27-7-8-28-32)23(29-13)24(33)31-14(2)15-9-20(31)21(10-15)34-22-12-26-18-11-16(25)4-5-17(18)30-22/h3-8,11-12,14-15,20-21H,9-10H2,1-2H3. The number of aryl methyl sites for hydroxylation is 1. The first-order valence-corrected chi connectivity index (χ1v) is 11.2. The van der Waals surface area contributed by atoms with Crippen molar-refractivity contribution < 1.29 is 13.9 Å². The Morgan fingerprint density at radius 1 is 1.09 bits per heavy atom. The molecule has 2 aliphatic rings. The van der Waals surface area contributed by atoms with Gasteiger partial charge in [-0.25, -0.2) is 19.3 Å². The number of nitrogens with zero attached hydrogens (tertiary/aromatic N) is 7. The summed E-state index contributed by atoms with van der Waals surface area (Å²) in [5.41, 5.74) is 2.63. The Bertz CT molecular complexity index is 1390. The molecule has 172 valence electrons. The largest absolute Gasteiger partial charge is 0.471 e. The molecule has 10 heteroatoms. The number of pyridine rings is 1. The predicted molar refractivity (Wildman–Crippen MR) is 120 cm³/mol. The Hall–Kier alpha value is -3.95. The van der Waals surface area contributed by atoms with Crippen molar-refractivity contribution in [3.8, 4) is 11.6 Å². The summed E-state index contributed by atoms with van der Waals surface area (Å²) in [6, 6.07) is 7.87. The number of aromatic nitrogens is 6. The van der Waals surface area contributed by atoms with Crippen LogP contribution in [0.25, 0.3) is 16.7 Å². The second kappa shape index (κ2) is 7.82. The van der Waals surface area contributed by atoms with Gasteiger partial charge in [-0.1, -0.05) is 0 Å². The van der Waals surface area contributed by atoms with Crippen LogP contribution in [0.4, 0.5) is 4.39 Å². The summed E-state index contributed by atoms with van der Waals surface area (Å²) in [5.74, 6) is 0.162. The summed E-state index contributed by atoms with van der Waals surface area (Å²) in [7, 11) is 0. The number of likely N-dealkylation sites (tertiary alicyclic amines) is 1. The first-order valence-electron chi connectivity index (χ1n) is 11.2. The average Bonchev–Trinajstić information content (AvgIpc) is 3.56. The molecule has 1 aliphatic heterocycles. The minimum atomic E-state index is -0.360. The topological polar surface area (TPSA) is 98.9 Å². The van der Waals surface area contributed by atoms with Gasteiger partial charge >= 0.3 is 0 Å². The Balaban J connectivity index is 1.29. The van der Waals surface area contributed by atoms with Gasteiger partial charge in [0.25, 0.3) is 5.91 Å². The maximum Gasteiger partial charge on any atom is 0.275 e. The van der Waals surface area contributed by atoms with Crippen LogP contribution >= 0.6 is 0 Å². The van der Waals surface area contributed by atoms with Crippen molar-refractivity contribution in [1.29, 1.82) is 0 Å². The molecule has 2 bridgehead atoms. The zero-order valence-corrected chi connectivity index (χ0v) is 18.7. The third kappa shape index (κ3) is 3.37. The highest BCUT2D eigenvalue weighted by Crippen LogP contribution is 2.44. The molecular weight excluding hydrogens is 437 g/mol. The van der Waals surface area contributed by atoms with E-state index in [0.717, 1.165) is 18.5 Å². The van der Waals surface area contributed by atoms with Crippen LogP contribution in [0.15, 0.2) is 48.9 Å². The van der Waals surface area contributed by atoms with E-state index in [-0.39, 0.29) is 29.9 Å². The molecule has 4 heterocycles. The van der Waals surface area contributed by atoms with Crippen LogP contribution < -0.4 is 4.74 Å². The molecule has 3 aromatic heterocycles. The normalized spacial score (nSPS) is 23.6. The second-order valence-electron chi connectivity index (χ2n) is 8.89. The molecule has 6 rings (SSSR count). The molecule has 1 saturated carbocycles. The van der Waals surface area contributed by atoms with E-state index >= 15 is 0 Å². The predicted octanol–water partition coefficient (Wildman–Crippen LogP) is 3.12. The lowest BCUT2D eigenvalue weighted by Crippen LogP contribution is -2.51. The van der Waals surface area contributed by atoms with Gasteiger partial charge in [0.15, 0.2) is 5.69 Å². The Morgan fingerprint density at radius 2 is 1.91 bits per heavy atom. The summed E-state index contributed by atoms with van der Waals surface area (Å²) in [6.07, 6.45) is 6.11. The number of ether oxygens (including phenoxy) is 1. The number of carbonyl (C=O) groups is 1. The van der Waals surface area contributed by atoms with Gasteiger partial charge in [-0.15, -0.1) is 4.80 Å². The minimum Gasteiger partial charge on any atom is -0.471 e. The summed E-state index contributed by atoms with van der Waals surface area (Å²) < 4.78 is 19.7. The lowest BCUT2D eigenvalue weighted by atomic mass is 9.98. The van der Waals surface area contributed by atoms with Gasteiger partial charge in [0.05, 0.1) is 35.7 Å². The van der Waals surface area contributed by atoms with Crippen molar-refractivity contribution in [3.05, 3.63) is 66.1 Å². The zero-order valence-electron chi connectivity index (χ0n) is 18.7. The van der Waals surface area contributed by atoms with Crippen LogP contribution in [0.1, 0.15) is 35.9 Å². The molecule has 9 nitrogen and oxygen atoms in total. The number of hydrogen-bond donors (Lipinski definition) is 0. The summed E-state index contributed by atoms with van der Waals surface area (Å²) in [6.45, 7) is 3.93. The molecule has 0 radical (unpaired) electrons. The Morgan fingerprint density at radius 3 is 2.71 bits per heavy atom. The molecule has 0 spiro atoms. The fraction of sp³-hybridized carbons (Fsp3) is 0.333. The van der Waals surface area contributed by atoms with Crippen LogP contribution in [-0.2, 0) is 0 Å². The van der Waals surface area contributed by atoms with E-state index in [1.807, 2.05) is 24.0 Å². The number of piperidine rings is 1. The maximum absolute atomic E-state index is 13.8. The molecule has 1 amide bonds. The third-order valence-corrected chi connectivity index (χ3v) is 6.83. The maximum atomic E-state index is 13.8. The molecule has 34 heavy (non-hydrogen) atoms. The van der Waals surface area contributed by atoms with Crippen molar-refractivity contribution >= 4 is 16.9 Å². The average molecular weight is 459 g/mol. The van der Waals surface area contributed by atoms with Gasteiger partial charge in [0, 0.05) is 17.8 Å². The van der Waals surface area contributed by atoms with Crippen LogP contribution in [0.2, 0.25) is 0 Å². The number of hydrogen-bond acceptors (Lipinski definition) is 7. The molecule has 2 fully saturated rings. The lowest BCUT2D eigenvalue weighted by molar-refractivity contribution is 0.0309. The second-order valence-corrected chi connectivity index (χ2v) is 8.89. The fourth-order valence-electron chi connectivity index (χ4n) is 5.20. The van der Waals surface area contributed by atoms with Gasteiger partial charge in [-0.2, -0.15) is 10.2 Å². The van der Waals surface area contributed by atoms with E-state index in [2.05, 4.69) is 32.1 Å². The molecule has 4 unspecified atom stereocenters. The first-order chi connectivity index (χ1) is 16.5. The quantitative estimate of drug-likeness (QED) is 0.462. The molecular formula is C24H22FN7O2. The van der Waals surface area contributed by atoms with E-state index < -0.39 is 0 Å². The van der Waals surface area contributed by atoms with Crippen molar-refractivity contribution in [2.45, 2.75) is 44.9 Å². The lowest BCUT2D eigenvalue weighted by Gasteiger charge is -2.37. The number of halogens is 1. The van der Waals surface area contributed by atoms with E-state index in [4.69, 9.17) is 4.74 Å². The molecule has 1 aliphatic carbocycles. The smallest absolute Gasteiger partial charge is 0.275 e. The Labute approximate surface area is 194 Å². The van der Waals surface area contributed by atoms with E-state index in [0.29, 0.717) is 34.2 Å². The molecule has 1 aromatic carbocycles. The van der Waals surface area contributed by atoms with Crippen molar-refractivity contribution in [2.24, 2.45) is 5.92 Å². The highest BCUT2D eigenvalue weighted by molar-refractivity contribution is 5.96. The minimum absolute atomic E-state index is 0.0590. The molecule has 1 saturated heterocycles. The van der Waals surface area contributed by atoms with Crippen LogP contribution in [-0.4, -0.2) is 58.9 Å². The van der Waals surface area contributed by atoms with E-state index in [1.165, 1.54) is 23.1 Å². The van der Waals surface area contributed by atoms with Crippen molar-refractivity contribution in [2.75, 3.05) is 0 Å². The number of fused-ring (bicyclic) bond motifs is 3. The number of benzene rings is 1. The van der Waals surface area contributed by atoms with Crippen molar-refractivity contribution in [3.63, 3.8) is 0 Å². The van der Waals surface area contributed by atoms with Gasteiger partial charge in [0.2, 0.25) is 5.88 Å². The summed E-state index contributed by atoms with van der Waals surface area (Å²) in [5, 5.41) is 8.37. The zero-order chi connectivity index (χ0) is 23.4. The molecule has 0 N–H and O–H groups in total. The van der Waals surface area contributed by atoms with Gasteiger partial charge in [-0.05, 0) is 56.9 Å². The van der Waals surface area contributed by atoms with Crippen LogP contribution in [0, 0.1) is 18.7 Å². The van der Waals surface area contributed by atoms with Crippen LogP contribution in [0.5, 0.6) is 5.88 Å². The number of amides is 1. The van der Waals surface area contributed by atoms with Gasteiger partial charge < -0.3 is 9.64 Å². The van der Waals surface area contributed by atoms with Crippen molar-refractivity contribution in [1.82, 2.24) is 34.8 Å². The number of carbonyl (C=O) groups excluding carboxylic acids is 1. The highest BCUT2D eigenvalue weighted by Gasteiger charge is 2.53. The van der Waals surface area contributed by atoms with E-state index in [9.17, 15) is 9.18 Å². The van der Waals surface area contributed by atoms with Gasteiger partial charge in [-0.3, -0.25) is 4.79 Å². The summed E-state index contributed by atoms with van der Waals surface area (Å²) >= 11 is 0. The third-order valence-electron chi connectivity index (χ3n) is 6.83. The summed E-state index contributed by atoms with van der Waals surface area (Å²) in [4.78, 5) is 30.4. The molecule has 4 atom stereocenters. The SMILES string of the molecule is Cc1ccc(-n2nccn2)c(C(=O)N2C(C)C3CC(Oc4cnc5cc(F)ccc5n4)C2C3)n1.